The summed E-state index contributed by atoms with van der Waals surface area (Å²) in [7, 11) is 0. The van der Waals surface area contributed by atoms with Gasteiger partial charge in [0, 0.05) is 0 Å². The zero-order valence-corrected chi connectivity index (χ0v) is 15.1. The highest BCUT2D eigenvalue weighted by Gasteiger charge is 2.22. The van der Waals surface area contributed by atoms with Crippen molar-refractivity contribution in [2.45, 2.75) is 26.4 Å². The van der Waals surface area contributed by atoms with E-state index in [1.807, 2.05) is 0 Å². The van der Waals surface area contributed by atoms with Crippen LogP contribution in [-0.2, 0) is 46.0 Å². The molecule has 0 amide bonds. The molecule has 0 saturated carbocycles. The largest absolute Gasteiger partial charge is 0.232 e. The number of hydrogen-bond donors (Lipinski definition) is 0. The van der Waals surface area contributed by atoms with Crippen LogP contribution in [0.25, 0.3) is 43.1 Å². The van der Waals surface area contributed by atoms with Crippen LogP contribution in [-0.4, -0.2) is 0 Å². The van der Waals surface area contributed by atoms with E-state index >= 15 is 0 Å². The van der Waals surface area contributed by atoms with E-state index in [4.69, 9.17) is 19.6 Å². The second kappa shape index (κ2) is 5.40. The highest BCUT2D eigenvalue weighted by Crippen LogP contribution is 2.45. The molecule has 28 heavy (non-hydrogen) atoms. The van der Waals surface area contributed by atoms with Gasteiger partial charge < -0.3 is 0 Å². The maximum Gasteiger partial charge on any atom is 0.108 e. The van der Waals surface area contributed by atoms with Crippen LogP contribution in [0.1, 0.15) is 22.3 Å². The maximum atomic E-state index is 5.37. The molecule has 0 aliphatic carbocycles. The van der Waals surface area contributed by atoms with Crippen LogP contribution >= 0.6 is 0 Å². The Morgan fingerprint density at radius 2 is 0.643 bits per heavy atom. The molecule has 0 fully saturated rings. The van der Waals surface area contributed by atoms with Gasteiger partial charge in [-0.3, -0.25) is 0 Å². The van der Waals surface area contributed by atoms with Gasteiger partial charge in [-0.1, -0.05) is 48.5 Å². The van der Waals surface area contributed by atoms with Gasteiger partial charge in [0.05, 0.1) is 0 Å². The van der Waals surface area contributed by atoms with E-state index in [9.17, 15) is 0 Å². The number of hydrogen-bond acceptors (Lipinski definition) is 4. The normalized spacial score (nSPS) is 16.9. The topological polar surface area (TPSA) is 36.9 Å². The monoisotopic (exact) mass is 368 g/mol. The van der Waals surface area contributed by atoms with Gasteiger partial charge in [-0.15, -0.1) is 0 Å². The molecule has 0 N–H and O–H groups in total. The molecule has 5 aromatic carbocycles. The maximum absolute atomic E-state index is 5.37. The van der Waals surface area contributed by atoms with Crippen molar-refractivity contribution in [2.24, 2.45) is 0 Å². The molecule has 2 aliphatic heterocycles. The van der Waals surface area contributed by atoms with Crippen LogP contribution < -0.4 is 0 Å². The van der Waals surface area contributed by atoms with Crippen molar-refractivity contribution in [1.29, 1.82) is 0 Å². The summed E-state index contributed by atoms with van der Waals surface area (Å²) in [5.74, 6) is 0. The molecule has 0 saturated heterocycles. The Kier molecular flexibility index (Phi) is 2.93. The summed E-state index contributed by atoms with van der Waals surface area (Å²) in [6, 6.07) is 17.6. The first-order valence-corrected chi connectivity index (χ1v) is 9.54. The van der Waals surface area contributed by atoms with Crippen LogP contribution in [0.5, 0.6) is 0 Å². The molecular weight excluding hydrogens is 352 g/mol. The SMILES string of the molecule is c1cc2c3ccc4c5c(ccc(c6ccc7c(c1COOC7)c26)c53)COOC4. The first-order valence-electron chi connectivity index (χ1n) is 9.54. The molecule has 0 unspecified atom stereocenters. The lowest BCUT2D eigenvalue weighted by Crippen LogP contribution is -1.95. The smallest absolute Gasteiger partial charge is 0.108 e. The minimum Gasteiger partial charge on any atom is -0.232 e. The van der Waals surface area contributed by atoms with Crippen molar-refractivity contribution in [3.8, 4) is 0 Å². The Bertz CT molecular complexity index is 1210. The van der Waals surface area contributed by atoms with Crippen LogP contribution in [0.4, 0.5) is 0 Å². The fourth-order valence-electron chi connectivity index (χ4n) is 5.09. The zero-order valence-electron chi connectivity index (χ0n) is 15.1. The average Bonchev–Trinajstić information content (AvgIpc) is 3.08. The Labute approximate surface area is 160 Å². The van der Waals surface area contributed by atoms with Crippen LogP contribution in [0, 0.1) is 0 Å². The van der Waals surface area contributed by atoms with Crippen molar-refractivity contribution < 1.29 is 19.6 Å². The second-order valence-corrected chi connectivity index (χ2v) is 7.64. The molecule has 0 bridgehead atoms. The lowest BCUT2D eigenvalue weighted by atomic mass is 9.85. The van der Waals surface area contributed by atoms with Gasteiger partial charge in [0.2, 0.25) is 0 Å². The quantitative estimate of drug-likeness (QED) is 0.201. The molecule has 4 heteroatoms. The second-order valence-electron chi connectivity index (χ2n) is 7.64. The van der Waals surface area contributed by atoms with Crippen molar-refractivity contribution in [3.63, 3.8) is 0 Å². The predicted octanol–water partition coefficient (Wildman–Crippen LogP) is 5.66. The van der Waals surface area contributed by atoms with E-state index in [1.165, 1.54) is 65.3 Å². The van der Waals surface area contributed by atoms with E-state index in [0.717, 1.165) is 0 Å². The zero-order chi connectivity index (χ0) is 18.2. The fourth-order valence-corrected chi connectivity index (χ4v) is 5.09. The highest BCUT2D eigenvalue weighted by atomic mass is 17.2. The molecule has 7 rings (SSSR count). The summed E-state index contributed by atoms with van der Waals surface area (Å²) in [5, 5.41) is 10.3. The predicted molar refractivity (Wildman–Crippen MR) is 107 cm³/mol. The number of fused-ring (bicyclic) bond motifs is 2. The van der Waals surface area contributed by atoms with Gasteiger partial charge in [0.25, 0.3) is 0 Å². The van der Waals surface area contributed by atoms with E-state index in [0.29, 0.717) is 26.4 Å². The van der Waals surface area contributed by atoms with E-state index < -0.39 is 0 Å². The summed E-state index contributed by atoms with van der Waals surface area (Å²) in [6.45, 7) is 1.90. The van der Waals surface area contributed by atoms with Gasteiger partial charge in [-0.05, 0) is 65.3 Å². The van der Waals surface area contributed by atoms with Crippen molar-refractivity contribution in [3.05, 3.63) is 70.8 Å². The van der Waals surface area contributed by atoms with Crippen molar-refractivity contribution in [2.75, 3.05) is 0 Å². The molecule has 4 nitrogen and oxygen atoms in total. The number of rotatable bonds is 0. The third kappa shape index (κ3) is 1.83. The first-order chi connectivity index (χ1) is 13.9. The van der Waals surface area contributed by atoms with Gasteiger partial charge in [-0.25, -0.2) is 19.6 Å². The highest BCUT2D eigenvalue weighted by molar-refractivity contribution is 6.34. The Morgan fingerprint density at radius 1 is 0.357 bits per heavy atom. The Hall–Kier alpha value is -2.76. The first kappa shape index (κ1) is 15.2. The van der Waals surface area contributed by atoms with E-state index in [1.54, 1.807) is 0 Å². The molecule has 136 valence electrons. The Morgan fingerprint density at radius 3 is 0.929 bits per heavy atom. The van der Waals surface area contributed by atoms with Crippen molar-refractivity contribution >= 4 is 43.1 Å². The van der Waals surface area contributed by atoms with Gasteiger partial charge in [0.15, 0.2) is 0 Å². The summed E-state index contributed by atoms with van der Waals surface area (Å²) in [6.07, 6.45) is 0. The van der Waals surface area contributed by atoms with Crippen LogP contribution in [0.15, 0.2) is 48.5 Å². The lowest BCUT2D eigenvalue weighted by Gasteiger charge is -2.18. The fraction of sp³-hybridized carbons (Fsp3) is 0.167. The van der Waals surface area contributed by atoms with Gasteiger partial charge in [-0.2, -0.15) is 0 Å². The van der Waals surface area contributed by atoms with E-state index in [-0.39, 0.29) is 0 Å². The number of benzene rings is 5. The summed E-state index contributed by atoms with van der Waals surface area (Å²) in [5.41, 5.74) is 4.73. The molecule has 0 spiro atoms. The minimum atomic E-state index is 0.474. The molecule has 5 aromatic rings. The average molecular weight is 368 g/mol. The standard InChI is InChI=1S/C24H16O4/c1-5-17-18-6-3-15-11-27-28-12-16-4-8-20(24(18)22(15)16)19-7-2-14-10-26-25-9-13(1)21(14)23(17)19/h1-8H,9-12H2. The molecular formula is C24H16O4. The molecule has 0 radical (unpaired) electrons. The molecule has 0 aromatic heterocycles. The summed E-state index contributed by atoms with van der Waals surface area (Å²) < 4.78 is 0. The van der Waals surface area contributed by atoms with Crippen molar-refractivity contribution in [1.82, 2.24) is 0 Å². The Balaban J connectivity index is 1.78. The van der Waals surface area contributed by atoms with Crippen LogP contribution in [0.2, 0.25) is 0 Å². The summed E-state index contributed by atoms with van der Waals surface area (Å²) >= 11 is 0. The minimum absolute atomic E-state index is 0.474. The molecule has 0 atom stereocenters. The van der Waals surface area contributed by atoms with Gasteiger partial charge in [0.1, 0.15) is 26.4 Å². The van der Waals surface area contributed by atoms with E-state index in [2.05, 4.69) is 48.5 Å². The third-order valence-corrected chi connectivity index (χ3v) is 6.27. The third-order valence-electron chi connectivity index (χ3n) is 6.27. The van der Waals surface area contributed by atoms with Gasteiger partial charge >= 0.3 is 0 Å². The summed E-state index contributed by atoms with van der Waals surface area (Å²) in [4.78, 5) is 21.5. The molecule has 2 heterocycles. The lowest BCUT2D eigenvalue weighted by molar-refractivity contribution is -0.311. The van der Waals surface area contributed by atoms with Crippen LogP contribution in [0.3, 0.4) is 0 Å². The molecule has 2 aliphatic rings.